The Kier molecular flexibility index (Phi) is 7.80. The molecule has 8 nitrogen and oxygen atoms in total. The highest BCUT2D eigenvalue weighted by Gasteiger charge is 2.18. The predicted molar refractivity (Wildman–Crippen MR) is 121 cm³/mol. The molecule has 0 fully saturated rings. The third-order valence-electron chi connectivity index (χ3n) is 4.18. The van der Waals surface area contributed by atoms with E-state index in [-0.39, 0.29) is 6.61 Å². The average molecular weight is 475 g/mol. The van der Waals surface area contributed by atoms with Gasteiger partial charge < -0.3 is 20.1 Å². The minimum absolute atomic E-state index is 0.264. The smallest absolute Gasteiger partial charge is 0.338 e. The lowest BCUT2D eigenvalue weighted by atomic mass is 10.2. The molecule has 0 atom stereocenters. The molecule has 2 aromatic carbocycles. The van der Waals surface area contributed by atoms with Gasteiger partial charge in [0.25, 0.3) is 11.8 Å². The number of ether oxygens (including phenoxy) is 2. The number of rotatable bonds is 8. The summed E-state index contributed by atoms with van der Waals surface area (Å²) in [6.07, 6.45) is 0. The van der Waals surface area contributed by atoms with Crippen LogP contribution in [0.2, 0.25) is 5.02 Å². The molecule has 166 valence electrons. The summed E-state index contributed by atoms with van der Waals surface area (Å²) in [5, 5.41) is 6.06. The molecule has 0 radical (unpaired) electrons. The summed E-state index contributed by atoms with van der Waals surface area (Å²) >= 11 is 7.46. The van der Waals surface area contributed by atoms with Crippen LogP contribution in [0, 0.1) is 0 Å². The molecule has 3 aromatic rings. The van der Waals surface area contributed by atoms with E-state index in [1.807, 2.05) is 24.3 Å². The largest absolute Gasteiger partial charge is 0.462 e. The van der Waals surface area contributed by atoms with Gasteiger partial charge in [-0.1, -0.05) is 29.8 Å². The van der Waals surface area contributed by atoms with Crippen LogP contribution in [-0.2, 0) is 19.1 Å². The number of carbonyl (C=O) groups excluding carboxylic acids is 4. The average Bonchev–Trinajstić information content (AvgIpc) is 3.13. The zero-order valence-corrected chi connectivity index (χ0v) is 18.5. The number of hydrogen-bond acceptors (Lipinski definition) is 7. The predicted octanol–water partition coefficient (Wildman–Crippen LogP) is 3.64. The van der Waals surface area contributed by atoms with Crippen molar-refractivity contribution in [1.29, 1.82) is 0 Å². The third-order valence-corrected chi connectivity index (χ3v) is 5.85. The molecule has 0 aliphatic heterocycles. The second kappa shape index (κ2) is 10.7. The zero-order chi connectivity index (χ0) is 23.1. The first-order chi connectivity index (χ1) is 15.4. The second-order valence-electron chi connectivity index (χ2n) is 6.43. The molecular formula is C22H19ClN2O6S. The van der Waals surface area contributed by atoms with Gasteiger partial charge in [-0.25, -0.2) is 4.79 Å². The Labute approximate surface area is 192 Å². The van der Waals surface area contributed by atoms with Crippen LogP contribution in [0.3, 0.4) is 0 Å². The van der Waals surface area contributed by atoms with Gasteiger partial charge in [-0.15, -0.1) is 11.3 Å². The van der Waals surface area contributed by atoms with E-state index in [0.717, 1.165) is 10.1 Å². The molecule has 0 spiro atoms. The number of esters is 2. The van der Waals surface area contributed by atoms with E-state index in [0.29, 0.717) is 21.2 Å². The van der Waals surface area contributed by atoms with Crippen LogP contribution in [0.25, 0.3) is 10.1 Å². The standard InChI is InChI=1S/C22H19ClN2O6S/c1-2-30-22(29)13-7-9-14(10-8-13)25-17(26)12-31-18(27)11-24-21(28)20-19(23)15-5-3-4-6-16(15)32-20/h3-10H,2,11-12H2,1H3,(H,24,28)(H,25,26). The molecule has 2 amide bonds. The number of benzene rings is 2. The van der Waals surface area contributed by atoms with Crippen molar-refractivity contribution in [3.05, 3.63) is 64.0 Å². The van der Waals surface area contributed by atoms with Crippen molar-refractivity contribution >= 4 is 62.5 Å². The van der Waals surface area contributed by atoms with E-state index < -0.39 is 36.9 Å². The Morgan fingerprint density at radius 2 is 1.72 bits per heavy atom. The monoisotopic (exact) mass is 474 g/mol. The molecular weight excluding hydrogens is 456 g/mol. The first kappa shape index (κ1) is 23.2. The molecule has 2 N–H and O–H groups in total. The van der Waals surface area contributed by atoms with Gasteiger partial charge in [-0.2, -0.15) is 0 Å². The summed E-state index contributed by atoms with van der Waals surface area (Å²) in [5.41, 5.74) is 0.776. The molecule has 0 aliphatic rings. The Morgan fingerprint density at radius 1 is 1.00 bits per heavy atom. The Morgan fingerprint density at radius 3 is 2.41 bits per heavy atom. The molecule has 0 bridgehead atoms. The molecule has 32 heavy (non-hydrogen) atoms. The second-order valence-corrected chi connectivity index (χ2v) is 7.86. The maximum absolute atomic E-state index is 12.3. The summed E-state index contributed by atoms with van der Waals surface area (Å²) in [6, 6.07) is 13.4. The number of nitrogens with one attached hydrogen (secondary N) is 2. The lowest BCUT2D eigenvalue weighted by molar-refractivity contribution is -0.146. The van der Waals surface area contributed by atoms with Gasteiger partial charge in [0.05, 0.1) is 17.2 Å². The van der Waals surface area contributed by atoms with E-state index in [9.17, 15) is 19.2 Å². The van der Waals surface area contributed by atoms with Crippen LogP contribution in [0.15, 0.2) is 48.5 Å². The maximum atomic E-state index is 12.3. The first-order valence-corrected chi connectivity index (χ1v) is 10.8. The minimum atomic E-state index is -0.775. The molecule has 10 heteroatoms. The van der Waals surface area contributed by atoms with Gasteiger partial charge in [0.2, 0.25) is 0 Å². The summed E-state index contributed by atoms with van der Waals surface area (Å²) < 4.78 is 10.6. The highest BCUT2D eigenvalue weighted by Crippen LogP contribution is 2.34. The number of hydrogen-bond donors (Lipinski definition) is 2. The Balaban J connectivity index is 1.44. The molecule has 0 aliphatic carbocycles. The molecule has 1 aromatic heterocycles. The van der Waals surface area contributed by atoms with Crippen LogP contribution in [0.1, 0.15) is 27.0 Å². The van der Waals surface area contributed by atoms with E-state index >= 15 is 0 Å². The lowest BCUT2D eigenvalue weighted by Crippen LogP contribution is -2.32. The van der Waals surface area contributed by atoms with Gasteiger partial charge in [0.15, 0.2) is 6.61 Å². The fourth-order valence-electron chi connectivity index (χ4n) is 2.69. The summed E-state index contributed by atoms with van der Waals surface area (Å²) in [4.78, 5) is 48.1. The van der Waals surface area contributed by atoms with Crippen molar-refractivity contribution in [2.75, 3.05) is 25.1 Å². The third kappa shape index (κ3) is 5.83. The molecule has 3 rings (SSSR count). The van der Waals surface area contributed by atoms with Gasteiger partial charge in [-0.3, -0.25) is 14.4 Å². The maximum Gasteiger partial charge on any atom is 0.338 e. The number of fused-ring (bicyclic) bond motifs is 1. The van der Waals surface area contributed by atoms with Crippen LogP contribution >= 0.6 is 22.9 Å². The van der Waals surface area contributed by atoms with Crippen molar-refractivity contribution in [1.82, 2.24) is 5.32 Å². The number of halogens is 1. The lowest BCUT2D eigenvalue weighted by Gasteiger charge is -2.08. The number of carbonyl (C=O) groups is 4. The van der Waals surface area contributed by atoms with Crippen molar-refractivity contribution in [2.45, 2.75) is 6.92 Å². The van der Waals surface area contributed by atoms with Crippen LogP contribution in [0.5, 0.6) is 0 Å². The fourth-order valence-corrected chi connectivity index (χ4v) is 4.12. The normalized spacial score (nSPS) is 10.4. The molecule has 0 unspecified atom stereocenters. The van der Waals surface area contributed by atoms with Crippen molar-refractivity contribution in [3.8, 4) is 0 Å². The van der Waals surface area contributed by atoms with E-state index in [2.05, 4.69) is 10.6 Å². The van der Waals surface area contributed by atoms with Crippen molar-refractivity contribution in [2.24, 2.45) is 0 Å². The number of anilines is 1. The van der Waals surface area contributed by atoms with Gasteiger partial charge in [-0.05, 0) is 37.3 Å². The Bertz CT molecular complexity index is 1160. The zero-order valence-electron chi connectivity index (χ0n) is 17.0. The molecule has 1 heterocycles. The first-order valence-electron chi connectivity index (χ1n) is 9.57. The highest BCUT2D eigenvalue weighted by atomic mass is 35.5. The quantitative estimate of drug-likeness (QED) is 0.482. The van der Waals surface area contributed by atoms with Gasteiger partial charge in [0, 0.05) is 15.8 Å². The molecule has 0 saturated carbocycles. The van der Waals surface area contributed by atoms with Crippen molar-refractivity contribution < 1.29 is 28.7 Å². The summed E-state index contributed by atoms with van der Waals surface area (Å²) in [6.45, 7) is 1.03. The number of thiophene rings is 1. The summed E-state index contributed by atoms with van der Waals surface area (Å²) in [5.74, 6) is -2.30. The molecule has 0 saturated heterocycles. The van der Waals surface area contributed by atoms with Crippen LogP contribution < -0.4 is 10.6 Å². The Hall–Kier alpha value is -3.43. The van der Waals surface area contributed by atoms with E-state index in [1.54, 1.807) is 6.92 Å². The summed E-state index contributed by atoms with van der Waals surface area (Å²) in [7, 11) is 0. The highest BCUT2D eigenvalue weighted by molar-refractivity contribution is 7.21. The van der Waals surface area contributed by atoms with E-state index in [4.69, 9.17) is 21.1 Å². The number of amides is 2. The van der Waals surface area contributed by atoms with E-state index in [1.165, 1.54) is 35.6 Å². The topological polar surface area (TPSA) is 111 Å². The SMILES string of the molecule is CCOC(=O)c1ccc(NC(=O)COC(=O)CNC(=O)c2sc3ccccc3c2Cl)cc1. The van der Waals surface area contributed by atoms with Crippen molar-refractivity contribution in [3.63, 3.8) is 0 Å². The van der Waals surface area contributed by atoms with Crippen LogP contribution in [-0.4, -0.2) is 43.5 Å². The minimum Gasteiger partial charge on any atom is -0.462 e. The van der Waals surface area contributed by atoms with Crippen LogP contribution in [0.4, 0.5) is 5.69 Å². The fraction of sp³-hybridized carbons (Fsp3) is 0.182. The van der Waals surface area contributed by atoms with Gasteiger partial charge >= 0.3 is 11.9 Å². The van der Waals surface area contributed by atoms with Gasteiger partial charge in [0.1, 0.15) is 11.4 Å².